The van der Waals surface area contributed by atoms with Crippen LogP contribution in [0, 0.1) is 5.92 Å². The third-order valence-corrected chi connectivity index (χ3v) is 15.4. The number of primary amides is 1. The van der Waals surface area contributed by atoms with Crippen molar-refractivity contribution in [3.05, 3.63) is 137 Å². The fourth-order valence-electron chi connectivity index (χ4n) is 11.1. The zero-order chi connectivity index (χ0) is 60.1. The van der Waals surface area contributed by atoms with Gasteiger partial charge in [-0.1, -0.05) is 84.9 Å². The van der Waals surface area contributed by atoms with Gasteiger partial charge >= 0.3 is 12.0 Å². The Morgan fingerprint density at radius 1 is 0.729 bits per heavy atom. The number of anilines is 2. The van der Waals surface area contributed by atoms with Gasteiger partial charge in [0.25, 0.3) is 5.56 Å². The second-order valence-corrected chi connectivity index (χ2v) is 21.2. The highest BCUT2D eigenvalue weighted by molar-refractivity contribution is 5.97. The molecule has 3 aromatic carbocycles. The number of hydrogen-bond donors (Lipinski definition) is 6. The van der Waals surface area contributed by atoms with Gasteiger partial charge in [-0.3, -0.25) is 38.5 Å². The van der Waals surface area contributed by atoms with Crippen LogP contribution in [-0.4, -0.2) is 182 Å². The number of hydrogen-bond acceptors (Lipinski definition) is 15. The van der Waals surface area contributed by atoms with Crippen LogP contribution in [0.3, 0.4) is 0 Å². The molecule has 0 bridgehead atoms. The van der Waals surface area contributed by atoms with Gasteiger partial charge in [0.05, 0.1) is 82.4 Å². The highest BCUT2D eigenvalue weighted by Gasteiger charge is 2.45. The quantitative estimate of drug-likeness (QED) is 0.0375. The number of pyridine rings is 2. The fraction of sp³-hybridized carbons (Fsp3) is 0.459. The number of rotatable bonds is 29. The minimum Gasteiger partial charge on any atom is -0.480 e. The number of carbonyl (C=O) groups is 7. The van der Waals surface area contributed by atoms with Gasteiger partial charge in [-0.2, -0.15) is 0 Å². The lowest BCUT2D eigenvalue weighted by molar-refractivity contribution is -0.143. The van der Waals surface area contributed by atoms with E-state index in [-0.39, 0.29) is 103 Å². The number of aliphatic carboxylic acids is 1. The van der Waals surface area contributed by atoms with Gasteiger partial charge in [0.1, 0.15) is 24.7 Å². The zero-order valence-electron chi connectivity index (χ0n) is 47.7. The Hall–Kier alpha value is -8.29. The van der Waals surface area contributed by atoms with Crippen LogP contribution in [-0.2, 0) is 54.3 Å². The first kappa shape index (κ1) is 62.7. The maximum Gasteiger partial charge on any atom is 0.323 e. The number of amides is 7. The third-order valence-electron chi connectivity index (χ3n) is 15.4. The molecule has 5 heterocycles. The van der Waals surface area contributed by atoms with E-state index in [0.717, 1.165) is 45.1 Å². The van der Waals surface area contributed by atoms with Gasteiger partial charge < -0.3 is 75.6 Å². The molecule has 2 aromatic heterocycles. The maximum absolute atomic E-state index is 14.3. The topological polar surface area (TPSA) is 313 Å². The number of benzene rings is 3. The summed E-state index contributed by atoms with van der Waals surface area (Å²) in [6.07, 6.45) is 7.44. The number of piperidine rings is 1. The molecule has 5 aromatic rings. The Labute approximate surface area is 493 Å². The van der Waals surface area contributed by atoms with Crippen LogP contribution in [0.25, 0.3) is 10.8 Å². The van der Waals surface area contributed by atoms with Crippen molar-refractivity contribution >= 4 is 63.7 Å². The summed E-state index contributed by atoms with van der Waals surface area (Å²) in [4.78, 5) is 117. The zero-order valence-corrected chi connectivity index (χ0v) is 47.7. The predicted molar refractivity (Wildman–Crippen MR) is 315 cm³/mol. The SMILES string of the molecule is NC(=O)CC[C@H](NC(=O)[C@@H]1CC[C@@H]2CCN(C(=O)NCCOCCOCCOCCOCCN(C(=O)[C@H]3CCCN(c4cncc5ccccc45)C3)c3ccc(=O)n(CC(=O)O)c3)C[C@H](N)C(=O)N21)C(=O)NC(c1ccccc1)c1ccccc1. The van der Waals surface area contributed by atoms with Gasteiger partial charge in [-0.05, 0) is 55.7 Å². The van der Waals surface area contributed by atoms with Crippen LogP contribution in [0.4, 0.5) is 16.2 Å². The highest BCUT2D eigenvalue weighted by atomic mass is 16.6. The molecule has 24 heteroatoms. The first-order chi connectivity index (χ1) is 41.2. The number of nitrogens with two attached hydrogens (primary N) is 2. The number of fused-ring (bicyclic) bond motifs is 2. The van der Waals surface area contributed by atoms with Crippen LogP contribution in [0.5, 0.6) is 0 Å². The van der Waals surface area contributed by atoms with Crippen LogP contribution >= 0.6 is 0 Å². The number of urea groups is 1. The highest BCUT2D eigenvalue weighted by Crippen LogP contribution is 2.32. The van der Waals surface area contributed by atoms with Gasteiger partial charge in [0, 0.05) is 81.0 Å². The van der Waals surface area contributed by atoms with E-state index >= 15 is 0 Å². The molecule has 454 valence electrons. The summed E-state index contributed by atoms with van der Waals surface area (Å²) < 4.78 is 23.9. The third kappa shape index (κ3) is 17.6. The second kappa shape index (κ2) is 31.6. The van der Waals surface area contributed by atoms with Crippen molar-refractivity contribution in [1.82, 2.24) is 35.3 Å². The summed E-state index contributed by atoms with van der Waals surface area (Å²) in [5, 5.41) is 20.2. The Kier molecular flexibility index (Phi) is 23.3. The molecule has 0 aliphatic carbocycles. The summed E-state index contributed by atoms with van der Waals surface area (Å²) in [6, 6.07) is 25.0. The molecule has 3 fully saturated rings. The molecule has 8 rings (SSSR count). The van der Waals surface area contributed by atoms with E-state index in [1.54, 1.807) is 4.90 Å². The fourth-order valence-corrected chi connectivity index (χ4v) is 11.1. The number of ether oxygens (including phenoxy) is 4. The molecule has 24 nitrogen and oxygen atoms in total. The van der Waals surface area contributed by atoms with E-state index in [9.17, 15) is 43.5 Å². The number of carboxylic acid groups (broad SMARTS) is 1. The molecule has 3 aliphatic heterocycles. The van der Waals surface area contributed by atoms with E-state index in [4.69, 9.17) is 30.4 Å². The second-order valence-electron chi connectivity index (χ2n) is 21.2. The molecule has 85 heavy (non-hydrogen) atoms. The smallest absolute Gasteiger partial charge is 0.323 e. The summed E-state index contributed by atoms with van der Waals surface area (Å²) in [6.45, 7) is 3.16. The molecule has 7 amide bonds. The molecule has 0 unspecified atom stereocenters. The Morgan fingerprint density at radius 3 is 2.07 bits per heavy atom. The van der Waals surface area contributed by atoms with Gasteiger partial charge in [-0.25, -0.2) is 4.79 Å². The molecule has 0 spiro atoms. The summed E-state index contributed by atoms with van der Waals surface area (Å²) in [5.74, 6) is -3.91. The van der Waals surface area contributed by atoms with Crippen molar-refractivity contribution in [2.75, 3.05) is 102 Å². The minimum atomic E-state index is -1.18. The molecule has 0 saturated carbocycles. The number of aromatic nitrogens is 2. The van der Waals surface area contributed by atoms with Crippen molar-refractivity contribution < 1.29 is 57.6 Å². The van der Waals surface area contributed by atoms with Gasteiger partial charge in [0.2, 0.25) is 29.5 Å². The maximum atomic E-state index is 14.3. The standard InChI is InChI=1S/C61H77N11O13/c62-49-40-69(26-23-46-17-20-51(72(46)60(49)80)58(78)66-50(19-21-53(63)73)57(77)67-56(42-10-3-1-4-11-42)43-12-5-2-6-13-43)61(81)65-24-28-82-30-32-84-34-35-85-33-31-83-29-27-71(47-18-22-54(74)70(39-47)41-55(75)76)59(79)45-15-9-25-68(38-45)52-37-64-36-44-14-7-8-16-48(44)52/h1-8,10-14,16,18,22,36-37,39,45-46,49-51,56H,9,15,17,19-21,23-35,38,40-41,62H2,(H2,63,73)(H,65,81)(H,66,78)(H,67,77)(H,75,76)/t45-,46+,49-,50-,51-/m0/s1. The Balaban J connectivity index is 0.708. The average Bonchev–Trinajstić information content (AvgIpc) is 3.40. The Morgan fingerprint density at radius 2 is 1.39 bits per heavy atom. The van der Waals surface area contributed by atoms with E-state index in [1.807, 2.05) is 97.3 Å². The largest absolute Gasteiger partial charge is 0.480 e. The van der Waals surface area contributed by atoms with E-state index in [1.165, 1.54) is 28.1 Å². The number of carbonyl (C=O) groups excluding carboxylic acids is 6. The summed E-state index contributed by atoms with van der Waals surface area (Å²) in [7, 11) is 0. The van der Waals surface area contributed by atoms with E-state index in [0.29, 0.717) is 44.5 Å². The molecule has 8 N–H and O–H groups in total. The van der Waals surface area contributed by atoms with Crippen molar-refractivity contribution in [1.29, 1.82) is 0 Å². The van der Waals surface area contributed by atoms with Crippen molar-refractivity contribution in [2.45, 2.75) is 81.7 Å². The predicted octanol–water partition coefficient (Wildman–Crippen LogP) is 2.56. The monoisotopic (exact) mass is 1170 g/mol. The first-order valence-corrected chi connectivity index (χ1v) is 29.0. The van der Waals surface area contributed by atoms with Crippen LogP contribution in [0.2, 0.25) is 0 Å². The minimum absolute atomic E-state index is 0.0556. The molecule has 3 aliphatic rings. The lowest BCUT2D eigenvalue weighted by Crippen LogP contribution is -2.61. The molecular weight excluding hydrogens is 1090 g/mol. The summed E-state index contributed by atoms with van der Waals surface area (Å²) >= 11 is 0. The number of nitrogens with one attached hydrogen (secondary N) is 3. The summed E-state index contributed by atoms with van der Waals surface area (Å²) in [5.41, 5.74) is 14.4. The van der Waals surface area contributed by atoms with Crippen molar-refractivity contribution in [2.24, 2.45) is 17.4 Å². The molecular formula is C61H77N11O13. The van der Waals surface area contributed by atoms with Crippen molar-refractivity contribution in [3.8, 4) is 0 Å². The number of nitrogens with zero attached hydrogens (tertiary/aromatic N) is 6. The number of carboxylic acids is 1. The lowest BCUT2D eigenvalue weighted by Gasteiger charge is -2.37. The molecule has 3 saturated heterocycles. The lowest BCUT2D eigenvalue weighted by atomic mass is 9.95. The van der Waals surface area contributed by atoms with Crippen molar-refractivity contribution in [3.63, 3.8) is 0 Å². The van der Waals surface area contributed by atoms with Crippen LogP contribution < -0.4 is 42.8 Å². The van der Waals surface area contributed by atoms with Crippen LogP contribution in [0.1, 0.15) is 62.1 Å². The van der Waals surface area contributed by atoms with Gasteiger partial charge in [-0.15, -0.1) is 0 Å². The normalized spacial score (nSPS) is 18.3. The van der Waals surface area contributed by atoms with E-state index in [2.05, 4.69) is 25.8 Å². The van der Waals surface area contributed by atoms with Crippen LogP contribution in [0.15, 0.2) is 120 Å². The first-order valence-electron chi connectivity index (χ1n) is 29.0. The Bertz CT molecular complexity index is 3070. The van der Waals surface area contributed by atoms with Gasteiger partial charge in [0.15, 0.2) is 0 Å². The molecule has 0 radical (unpaired) electrons. The average molecular weight is 1170 g/mol. The molecule has 5 atom stereocenters. The van der Waals surface area contributed by atoms with E-state index < -0.39 is 71.9 Å².